The van der Waals surface area contributed by atoms with Crippen LogP contribution in [0.25, 0.3) is 22.1 Å². The summed E-state index contributed by atoms with van der Waals surface area (Å²) in [6.07, 6.45) is 2.13. The lowest BCUT2D eigenvalue weighted by Crippen LogP contribution is -2.25. The Balaban J connectivity index is 2.20. The zero-order valence-corrected chi connectivity index (χ0v) is 17.2. The lowest BCUT2D eigenvalue weighted by atomic mass is 10.0. The summed E-state index contributed by atoms with van der Waals surface area (Å²) in [4.78, 5) is 15.1. The molecule has 4 heteroatoms. The first-order valence-corrected chi connectivity index (χ1v) is 9.93. The fraction of sp³-hybridized carbons (Fsp3) is 0.348. The van der Waals surface area contributed by atoms with Gasteiger partial charge in [0.2, 0.25) is 0 Å². The minimum atomic E-state index is -0.398. The normalized spacial score (nSPS) is 11.1. The summed E-state index contributed by atoms with van der Waals surface area (Å²) in [7, 11) is 0. The van der Waals surface area contributed by atoms with Crippen LogP contribution in [0.2, 0.25) is 5.02 Å². The van der Waals surface area contributed by atoms with Crippen LogP contribution in [0.5, 0.6) is 0 Å². The molecule has 0 N–H and O–H groups in total. The molecule has 3 aromatic rings. The highest BCUT2D eigenvalue weighted by Crippen LogP contribution is 2.35. The standard InChI is InChI=1S/C23H26ClNO2/c1-5-10-25(11-6-2)19-14-20-18(13-16(19)4)22(24)21(23(26)27-20)17-9-7-8-15(3)12-17/h7-9,12-14H,5-6,10-11H2,1-4H3. The monoisotopic (exact) mass is 383 g/mol. The van der Waals surface area contributed by atoms with E-state index in [4.69, 9.17) is 16.0 Å². The zero-order chi connectivity index (χ0) is 19.6. The van der Waals surface area contributed by atoms with Gasteiger partial charge in [-0.25, -0.2) is 4.79 Å². The summed E-state index contributed by atoms with van der Waals surface area (Å²) in [6, 6.07) is 11.8. The SMILES string of the molecule is CCCN(CCC)c1cc2oc(=O)c(-c3cccc(C)c3)c(Cl)c2cc1C. The van der Waals surface area contributed by atoms with Crippen molar-refractivity contribution in [2.45, 2.75) is 40.5 Å². The quantitative estimate of drug-likeness (QED) is 0.464. The number of hydrogen-bond acceptors (Lipinski definition) is 3. The molecule has 0 aliphatic carbocycles. The predicted molar refractivity (Wildman–Crippen MR) is 115 cm³/mol. The van der Waals surface area contributed by atoms with Gasteiger partial charge in [0.1, 0.15) is 5.58 Å². The zero-order valence-electron chi connectivity index (χ0n) is 16.4. The maximum absolute atomic E-state index is 12.7. The van der Waals surface area contributed by atoms with Gasteiger partial charge in [-0.1, -0.05) is 55.3 Å². The first-order valence-electron chi connectivity index (χ1n) is 9.55. The molecule has 142 valence electrons. The van der Waals surface area contributed by atoms with Crippen molar-refractivity contribution >= 4 is 28.3 Å². The van der Waals surface area contributed by atoms with Gasteiger partial charge in [-0.15, -0.1) is 0 Å². The van der Waals surface area contributed by atoms with Crippen LogP contribution in [0.4, 0.5) is 5.69 Å². The van der Waals surface area contributed by atoms with Crippen LogP contribution in [0.1, 0.15) is 37.8 Å². The van der Waals surface area contributed by atoms with Gasteiger partial charge >= 0.3 is 5.63 Å². The van der Waals surface area contributed by atoms with Gasteiger partial charge in [0.15, 0.2) is 0 Å². The summed E-state index contributed by atoms with van der Waals surface area (Å²) in [5, 5.41) is 1.24. The van der Waals surface area contributed by atoms with E-state index in [1.54, 1.807) is 0 Å². The first kappa shape index (κ1) is 19.5. The van der Waals surface area contributed by atoms with Gasteiger partial charge in [-0.2, -0.15) is 0 Å². The number of halogens is 1. The van der Waals surface area contributed by atoms with E-state index in [1.807, 2.05) is 43.3 Å². The molecule has 3 nitrogen and oxygen atoms in total. The van der Waals surface area contributed by atoms with Gasteiger partial charge < -0.3 is 9.32 Å². The third kappa shape index (κ3) is 3.89. The number of rotatable bonds is 6. The summed E-state index contributed by atoms with van der Waals surface area (Å²) >= 11 is 6.69. The predicted octanol–water partition coefficient (Wildman–Crippen LogP) is 6.36. The Labute approximate surface area is 165 Å². The number of nitrogens with zero attached hydrogens (tertiary/aromatic N) is 1. The number of fused-ring (bicyclic) bond motifs is 1. The van der Waals surface area contributed by atoms with E-state index in [0.717, 1.165) is 53.7 Å². The van der Waals surface area contributed by atoms with E-state index in [2.05, 4.69) is 25.7 Å². The van der Waals surface area contributed by atoms with E-state index >= 15 is 0 Å². The van der Waals surface area contributed by atoms with Crippen molar-refractivity contribution in [3.05, 3.63) is 63.0 Å². The molecule has 0 spiro atoms. The van der Waals surface area contributed by atoms with E-state index in [0.29, 0.717) is 16.2 Å². The molecule has 0 saturated heterocycles. The Morgan fingerprint density at radius 3 is 2.37 bits per heavy atom. The third-order valence-corrected chi connectivity index (χ3v) is 5.19. The van der Waals surface area contributed by atoms with Crippen molar-refractivity contribution in [3.63, 3.8) is 0 Å². The molecule has 27 heavy (non-hydrogen) atoms. The Morgan fingerprint density at radius 1 is 1.04 bits per heavy atom. The smallest absolute Gasteiger partial charge is 0.345 e. The van der Waals surface area contributed by atoms with Gasteiger partial charge in [0, 0.05) is 30.2 Å². The second-order valence-corrected chi connectivity index (χ2v) is 7.45. The molecule has 2 aromatic carbocycles. The Kier molecular flexibility index (Phi) is 5.91. The molecule has 0 saturated carbocycles. The summed E-state index contributed by atoms with van der Waals surface area (Å²) < 4.78 is 5.70. The highest BCUT2D eigenvalue weighted by atomic mass is 35.5. The molecule has 0 atom stereocenters. The van der Waals surface area contributed by atoms with Crippen LogP contribution in [0, 0.1) is 13.8 Å². The molecule has 3 rings (SSSR count). The largest absolute Gasteiger partial charge is 0.422 e. The van der Waals surface area contributed by atoms with Crippen molar-refractivity contribution in [2.75, 3.05) is 18.0 Å². The number of anilines is 1. The van der Waals surface area contributed by atoms with Crippen molar-refractivity contribution in [2.24, 2.45) is 0 Å². The van der Waals surface area contributed by atoms with E-state index in [9.17, 15) is 4.79 Å². The molecular weight excluding hydrogens is 358 g/mol. The minimum Gasteiger partial charge on any atom is -0.422 e. The van der Waals surface area contributed by atoms with Crippen LogP contribution in [-0.2, 0) is 0 Å². The van der Waals surface area contributed by atoms with Crippen molar-refractivity contribution < 1.29 is 4.42 Å². The maximum atomic E-state index is 12.7. The summed E-state index contributed by atoms with van der Waals surface area (Å²) in [6.45, 7) is 10.4. The highest BCUT2D eigenvalue weighted by Gasteiger charge is 2.18. The molecule has 0 amide bonds. The fourth-order valence-corrected chi connectivity index (χ4v) is 3.92. The Morgan fingerprint density at radius 2 is 1.74 bits per heavy atom. The molecule has 1 aromatic heterocycles. The lowest BCUT2D eigenvalue weighted by molar-refractivity contribution is 0.563. The molecule has 0 bridgehead atoms. The molecule has 0 aliphatic rings. The van der Waals surface area contributed by atoms with Crippen LogP contribution < -0.4 is 10.5 Å². The molecule has 1 heterocycles. The third-order valence-electron chi connectivity index (χ3n) is 4.80. The lowest BCUT2D eigenvalue weighted by Gasteiger charge is -2.26. The fourth-order valence-electron chi connectivity index (χ4n) is 3.59. The topological polar surface area (TPSA) is 33.5 Å². The van der Waals surface area contributed by atoms with Crippen molar-refractivity contribution in [3.8, 4) is 11.1 Å². The Bertz CT molecular complexity index is 1020. The molecule has 0 radical (unpaired) electrons. The van der Waals surface area contributed by atoms with Crippen LogP contribution in [0.3, 0.4) is 0 Å². The number of benzene rings is 2. The maximum Gasteiger partial charge on any atom is 0.345 e. The molecular formula is C23H26ClNO2. The average Bonchev–Trinajstić information content (AvgIpc) is 2.62. The molecule has 0 fully saturated rings. The average molecular weight is 384 g/mol. The van der Waals surface area contributed by atoms with E-state index < -0.39 is 5.63 Å². The van der Waals surface area contributed by atoms with Gasteiger partial charge in [0.25, 0.3) is 0 Å². The number of aryl methyl sites for hydroxylation is 2. The van der Waals surface area contributed by atoms with Gasteiger partial charge in [-0.05, 0) is 43.9 Å². The second kappa shape index (κ2) is 8.18. The first-order chi connectivity index (χ1) is 13.0. The summed E-state index contributed by atoms with van der Waals surface area (Å²) in [5.74, 6) is 0. The minimum absolute atomic E-state index is 0.398. The summed E-state index contributed by atoms with van der Waals surface area (Å²) in [5.41, 5.74) is 4.67. The van der Waals surface area contributed by atoms with Crippen molar-refractivity contribution in [1.82, 2.24) is 0 Å². The van der Waals surface area contributed by atoms with E-state index in [1.165, 1.54) is 0 Å². The Hall–Kier alpha value is -2.26. The van der Waals surface area contributed by atoms with Crippen LogP contribution >= 0.6 is 11.6 Å². The van der Waals surface area contributed by atoms with Crippen molar-refractivity contribution in [1.29, 1.82) is 0 Å². The van der Waals surface area contributed by atoms with Crippen LogP contribution in [-0.4, -0.2) is 13.1 Å². The molecule has 0 aliphatic heterocycles. The van der Waals surface area contributed by atoms with Gasteiger partial charge in [-0.3, -0.25) is 0 Å². The number of hydrogen-bond donors (Lipinski definition) is 0. The second-order valence-electron chi connectivity index (χ2n) is 7.07. The molecule has 0 unspecified atom stereocenters. The van der Waals surface area contributed by atoms with Crippen LogP contribution in [0.15, 0.2) is 45.6 Å². The highest BCUT2D eigenvalue weighted by molar-refractivity contribution is 6.38. The van der Waals surface area contributed by atoms with Gasteiger partial charge in [0.05, 0.1) is 10.6 Å². The van der Waals surface area contributed by atoms with E-state index in [-0.39, 0.29) is 0 Å².